The van der Waals surface area contributed by atoms with Crippen LogP contribution in [-0.4, -0.2) is 47.6 Å². The Labute approximate surface area is 100.0 Å². The van der Waals surface area contributed by atoms with Gasteiger partial charge in [-0.3, -0.25) is 4.90 Å². The molecule has 1 heterocycles. The van der Waals surface area contributed by atoms with Crippen LogP contribution >= 0.6 is 0 Å². The first kappa shape index (κ1) is 11.0. The van der Waals surface area contributed by atoms with E-state index in [0.29, 0.717) is 5.54 Å². The van der Waals surface area contributed by atoms with E-state index in [-0.39, 0.29) is 0 Å². The Morgan fingerprint density at radius 2 is 1.62 bits per heavy atom. The van der Waals surface area contributed by atoms with Gasteiger partial charge in [-0.15, -0.1) is 0 Å². The fraction of sp³-hybridized carbons (Fsp3) is 1.00. The van der Waals surface area contributed by atoms with E-state index in [1.807, 2.05) is 0 Å². The van der Waals surface area contributed by atoms with Gasteiger partial charge in [0.2, 0.25) is 0 Å². The van der Waals surface area contributed by atoms with E-state index in [9.17, 15) is 0 Å². The first-order valence-electron chi connectivity index (χ1n) is 6.87. The van der Waals surface area contributed by atoms with Crippen LogP contribution in [0.15, 0.2) is 0 Å². The van der Waals surface area contributed by atoms with Gasteiger partial charge in [-0.1, -0.05) is 0 Å². The number of hydrogen-bond acceptors (Lipinski definition) is 2. The van der Waals surface area contributed by atoms with Crippen molar-refractivity contribution in [1.82, 2.24) is 9.80 Å². The number of likely N-dealkylation sites (tertiary alicyclic amines) is 1. The second-order valence-corrected chi connectivity index (χ2v) is 7.49. The Morgan fingerprint density at radius 3 is 2.06 bits per heavy atom. The summed E-state index contributed by atoms with van der Waals surface area (Å²) in [5.74, 6) is 0. The highest BCUT2D eigenvalue weighted by atomic mass is 15.3. The van der Waals surface area contributed by atoms with Gasteiger partial charge in [0, 0.05) is 30.7 Å². The number of nitrogens with zero attached hydrogens (tertiary/aromatic N) is 2. The van der Waals surface area contributed by atoms with E-state index in [4.69, 9.17) is 0 Å². The zero-order valence-electron chi connectivity index (χ0n) is 11.3. The lowest BCUT2D eigenvalue weighted by atomic mass is 9.59. The molecule has 0 aromatic rings. The summed E-state index contributed by atoms with van der Waals surface area (Å²) in [6.45, 7) is 9.72. The SMILES string of the molecule is CN(C1CC1)C1CC2(C1)CN(C(C)(C)C)C2. The van der Waals surface area contributed by atoms with E-state index in [1.54, 1.807) is 0 Å². The van der Waals surface area contributed by atoms with Gasteiger partial charge in [-0.05, 0) is 58.9 Å². The van der Waals surface area contributed by atoms with Crippen LogP contribution in [0, 0.1) is 5.41 Å². The first-order valence-corrected chi connectivity index (χ1v) is 6.87. The molecule has 3 rings (SSSR count). The highest BCUT2D eigenvalue weighted by molar-refractivity contribution is 5.10. The molecular weight excluding hydrogens is 196 g/mol. The summed E-state index contributed by atoms with van der Waals surface area (Å²) in [5.41, 5.74) is 1.11. The number of rotatable bonds is 2. The molecule has 0 N–H and O–H groups in total. The predicted octanol–water partition coefficient (Wildman–Crippen LogP) is 2.34. The molecule has 2 heteroatoms. The largest absolute Gasteiger partial charge is 0.300 e. The summed E-state index contributed by atoms with van der Waals surface area (Å²) in [6.07, 6.45) is 5.83. The second-order valence-electron chi connectivity index (χ2n) is 7.49. The summed E-state index contributed by atoms with van der Waals surface area (Å²) in [7, 11) is 2.34. The minimum absolute atomic E-state index is 0.388. The van der Waals surface area contributed by atoms with Gasteiger partial charge < -0.3 is 4.90 Å². The molecule has 92 valence electrons. The molecule has 3 fully saturated rings. The quantitative estimate of drug-likeness (QED) is 0.707. The lowest BCUT2D eigenvalue weighted by Gasteiger charge is -2.64. The Hall–Kier alpha value is -0.0800. The van der Waals surface area contributed by atoms with Crippen molar-refractivity contribution in [2.24, 2.45) is 5.41 Å². The van der Waals surface area contributed by atoms with Gasteiger partial charge in [0.05, 0.1) is 0 Å². The van der Waals surface area contributed by atoms with Crippen LogP contribution in [0.1, 0.15) is 46.5 Å². The molecule has 0 radical (unpaired) electrons. The molecule has 0 amide bonds. The monoisotopic (exact) mass is 222 g/mol. The van der Waals surface area contributed by atoms with E-state index < -0.39 is 0 Å². The summed E-state index contributed by atoms with van der Waals surface area (Å²) in [5, 5.41) is 0. The lowest BCUT2D eigenvalue weighted by molar-refractivity contribution is -0.137. The third-order valence-electron chi connectivity index (χ3n) is 5.04. The predicted molar refractivity (Wildman–Crippen MR) is 67.6 cm³/mol. The third-order valence-corrected chi connectivity index (χ3v) is 5.04. The third kappa shape index (κ3) is 1.70. The fourth-order valence-electron chi connectivity index (χ4n) is 3.50. The van der Waals surface area contributed by atoms with Crippen molar-refractivity contribution in [3.63, 3.8) is 0 Å². The Bertz CT molecular complexity index is 274. The van der Waals surface area contributed by atoms with Crippen LogP contribution in [0.3, 0.4) is 0 Å². The van der Waals surface area contributed by atoms with Crippen LogP contribution < -0.4 is 0 Å². The van der Waals surface area contributed by atoms with E-state index in [2.05, 4.69) is 37.6 Å². The molecule has 0 aromatic carbocycles. The summed E-state index contributed by atoms with van der Waals surface area (Å²) < 4.78 is 0. The maximum absolute atomic E-state index is 2.66. The van der Waals surface area contributed by atoms with Crippen LogP contribution in [0.4, 0.5) is 0 Å². The normalized spacial score (nSPS) is 30.6. The van der Waals surface area contributed by atoms with Crippen molar-refractivity contribution in [2.45, 2.75) is 64.1 Å². The van der Waals surface area contributed by atoms with Crippen molar-refractivity contribution < 1.29 is 0 Å². The summed E-state index contributed by atoms with van der Waals surface area (Å²) >= 11 is 0. The van der Waals surface area contributed by atoms with Gasteiger partial charge in [0.25, 0.3) is 0 Å². The molecule has 2 aliphatic carbocycles. The second kappa shape index (κ2) is 3.23. The van der Waals surface area contributed by atoms with Crippen LogP contribution in [0.2, 0.25) is 0 Å². The maximum Gasteiger partial charge on any atom is 0.0125 e. The minimum Gasteiger partial charge on any atom is -0.300 e. The van der Waals surface area contributed by atoms with Gasteiger partial charge >= 0.3 is 0 Å². The molecule has 0 unspecified atom stereocenters. The molecule has 2 saturated carbocycles. The van der Waals surface area contributed by atoms with Crippen molar-refractivity contribution >= 4 is 0 Å². The zero-order chi connectivity index (χ0) is 11.6. The van der Waals surface area contributed by atoms with Crippen molar-refractivity contribution in [3.05, 3.63) is 0 Å². The average Bonchev–Trinajstić information content (AvgIpc) is 2.76. The van der Waals surface area contributed by atoms with Crippen molar-refractivity contribution in [2.75, 3.05) is 20.1 Å². The van der Waals surface area contributed by atoms with Crippen molar-refractivity contribution in [1.29, 1.82) is 0 Å². The fourth-order valence-corrected chi connectivity index (χ4v) is 3.50. The number of hydrogen-bond donors (Lipinski definition) is 0. The Morgan fingerprint density at radius 1 is 1.06 bits per heavy atom. The maximum atomic E-state index is 2.66. The highest BCUT2D eigenvalue weighted by Crippen LogP contribution is 2.52. The van der Waals surface area contributed by atoms with Gasteiger partial charge in [0.15, 0.2) is 0 Å². The molecule has 1 spiro atoms. The molecule has 0 aromatic heterocycles. The molecule has 16 heavy (non-hydrogen) atoms. The molecular formula is C14H26N2. The minimum atomic E-state index is 0.388. The topological polar surface area (TPSA) is 6.48 Å². The summed E-state index contributed by atoms with van der Waals surface area (Å²) in [4.78, 5) is 5.30. The standard InChI is InChI=1S/C14H26N2/c1-13(2,3)16-9-14(10-16)7-12(8-14)15(4)11-5-6-11/h11-12H,5-10H2,1-4H3. The molecule has 1 aliphatic heterocycles. The van der Waals surface area contributed by atoms with Crippen LogP contribution in [0.25, 0.3) is 0 Å². The Kier molecular flexibility index (Phi) is 2.23. The summed E-state index contributed by atoms with van der Waals surface area (Å²) in [6, 6.07) is 1.86. The first-order chi connectivity index (χ1) is 7.40. The molecule has 1 saturated heterocycles. The lowest BCUT2D eigenvalue weighted by Crippen LogP contribution is -2.69. The Balaban J connectivity index is 1.48. The highest BCUT2D eigenvalue weighted by Gasteiger charge is 2.56. The molecule has 2 nitrogen and oxygen atoms in total. The smallest absolute Gasteiger partial charge is 0.0125 e. The molecule has 0 atom stereocenters. The van der Waals surface area contributed by atoms with Crippen molar-refractivity contribution in [3.8, 4) is 0 Å². The van der Waals surface area contributed by atoms with Gasteiger partial charge in [-0.25, -0.2) is 0 Å². The molecule has 0 bridgehead atoms. The zero-order valence-corrected chi connectivity index (χ0v) is 11.3. The van der Waals surface area contributed by atoms with E-state index in [0.717, 1.165) is 17.5 Å². The van der Waals surface area contributed by atoms with Crippen LogP contribution in [0.5, 0.6) is 0 Å². The average molecular weight is 222 g/mol. The van der Waals surface area contributed by atoms with Gasteiger partial charge in [-0.2, -0.15) is 0 Å². The molecule has 3 aliphatic rings. The van der Waals surface area contributed by atoms with E-state index in [1.165, 1.54) is 38.8 Å². The van der Waals surface area contributed by atoms with E-state index >= 15 is 0 Å². The van der Waals surface area contributed by atoms with Crippen LogP contribution in [-0.2, 0) is 0 Å². The van der Waals surface area contributed by atoms with Gasteiger partial charge in [0.1, 0.15) is 0 Å².